The monoisotopic (exact) mass is 838 g/mol. The zero-order chi connectivity index (χ0) is 43.6. The lowest BCUT2D eigenvalue weighted by Crippen LogP contribution is -1.96. The van der Waals surface area contributed by atoms with E-state index in [2.05, 4.69) is 264 Å². The van der Waals surface area contributed by atoms with Gasteiger partial charge in [-0.2, -0.15) is 0 Å². The van der Waals surface area contributed by atoms with Crippen LogP contribution in [0.25, 0.3) is 121 Å². The second kappa shape index (κ2) is 15.5. The number of aromatic nitrogens is 2. The minimum absolute atomic E-state index is 1.14. The molecular weight excluding hydrogens is 797 g/mol. The second-order valence-corrected chi connectivity index (χ2v) is 17.3. The van der Waals surface area contributed by atoms with Gasteiger partial charge < -0.3 is 9.13 Å². The zero-order valence-electron chi connectivity index (χ0n) is 36.1. The third-order valence-electron chi connectivity index (χ3n) is 13.5. The fraction of sp³-hybridized carbons (Fsp3) is 0. The van der Waals surface area contributed by atoms with E-state index in [1.165, 1.54) is 116 Å². The lowest BCUT2D eigenvalue weighted by atomic mass is 9.93. The van der Waals surface area contributed by atoms with Crippen molar-refractivity contribution in [3.8, 4) is 67.0 Å². The Labute approximate surface area is 383 Å². The number of rotatable bonds is 7. The van der Waals surface area contributed by atoms with Crippen LogP contribution in [-0.4, -0.2) is 9.13 Å². The third-order valence-corrected chi connectivity index (χ3v) is 13.5. The summed E-state index contributed by atoms with van der Waals surface area (Å²) < 4.78 is 4.89. The molecule has 0 atom stereocenters. The molecule has 0 radical (unpaired) electrons. The molecule has 2 nitrogen and oxygen atoms in total. The van der Waals surface area contributed by atoms with Crippen LogP contribution < -0.4 is 0 Å². The minimum atomic E-state index is 1.14. The topological polar surface area (TPSA) is 9.86 Å². The molecule has 66 heavy (non-hydrogen) atoms. The summed E-state index contributed by atoms with van der Waals surface area (Å²) >= 11 is 0. The summed E-state index contributed by atoms with van der Waals surface area (Å²) in [5, 5.41) is 7.44. The Hall–Kier alpha value is -8.72. The van der Waals surface area contributed by atoms with Crippen molar-refractivity contribution in [3.05, 3.63) is 255 Å². The molecule has 13 aromatic rings. The first-order chi connectivity index (χ1) is 32.7. The van der Waals surface area contributed by atoms with Gasteiger partial charge in [-0.05, 0) is 128 Å². The molecule has 11 aromatic carbocycles. The molecule has 0 aliphatic carbocycles. The highest BCUT2D eigenvalue weighted by atomic mass is 15.0. The number of hydrogen-bond acceptors (Lipinski definition) is 0. The Bertz CT molecular complexity index is 3890. The number of hydrogen-bond donors (Lipinski definition) is 0. The highest BCUT2D eigenvalue weighted by Crippen LogP contribution is 2.41. The van der Waals surface area contributed by atoms with Gasteiger partial charge in [0.05, 0.1) is 27.8 Å². The number of nitrogens with zero attached hydrogens (tertiary/aromatic N) is 2. The Morgan fingerprint density at radius 3 is 1.27 bits per heavy atom. The van der Waals surface area contributed by atoms with E-state index in [0.717, 1.165) is 5.69 Å². The summed E-state index contributed by atoms with van der Waals surface area (Å²) in [7, 11) is 0. The van der Waals surface area contributed by atoms with E-state index in [0.29, 0.717) is 0 Å². The van der Waals surface area contributed by atoms with Gasteiger partial charge >= 0.3 is 0 Å². The van der Waals surface area contributed by atoms with Crippen LogP contribution in [0.1, 0.15) is 0 Å². The smallest absolute Gasteiger partial charge is 0.0547 e. The first-order valence-corrected chi connectivity index (χ1v) is 22.7. The van der Waals surface area contributed by atoms with E-state index in [4.69, 9.17) is 0 Å². The van der Waals surface area contributed by atoms with Crippen molar-refractivity contribution in [3.63, 3.8) is 0 Å². The molecule has 13 rings (SSSR count). The van der Waals surface area contributed by atoms with E-state index in [-0.39, 0.29) is 0 Å². The van der Waals surface area contributed by atoms with Crippen molar-refractivity contribution in [2.45, 2.75) is 0 Å². The summed E-state index contributed by atoms with van der Waals surface area (Å²) in [5.74, 6) is 0. The standard InChI is InChI=1S/C64H42N2/c1-4-16-43(17-5-1)49-38-50(44-18-6-2-7-19-44)40-51(39-49)45-28-32-52(33-29-45)65-60-26-14-13-25-57(60)59-41-47(31-36-63(59)65)48-30-34-58-56-24-12-15-27-61(56)66(64(58)42-48)62-37-35-53(46-20-8-3-9-21-46)54-22-10-11-23-55(54)62/h1-42H. The van der Waals surface area contributed by atoms with Gasteiger partial charge in [0.2, 0.25) is 0 Å². The van der Waals surface area contributed by atoms with Gasteiger partial charge in [0.25, 0.3) is 0 Å². The van der Waals surface area contributed by atoms with Crippen LogP contribution in [0.3, 0.4) is 0 Å². The summed E-state index contributed by atoms with van der Waals surface area (Å²) in [6.07, 6.45) is 0. The lowest BCUT2D eigenvalue weighted by molar-refractivity contribution is 1.18. The van der Waals surface area contributed by atoms with Gasteiger partial charge in [0.1, 0.15) is 0 Å². The van der Waals surface area contributed by atoms with Crippen molar-refractivity contribution >= 4 is 54.4 Å². The SMILES string of the molecule is c1ccc(-c2cc(-c3ccccc3)cc(-c3ccc(-n4c5ccccc5c5cc(-c6ccc7c8ccccc8n(-c8ccc(-c9ccccc9)c9ccccc89)c7c6)ccc54)cc3)c2)cc1. The number of benzene rings is 11. The summed E-state index contributed by atoms with van der Waals surface area (Å²) in [4.78, 5) is 0. The van der Waals surface area contributed by atoms with Crippen molar-refractivity contribution in [2.75, 3.05) is 0 Å². The van der Waals surface area contributed by atoms with Crippen LogP contribution in [0.4, 0.5) is 0 Å². The molecule has 2 heterocycles. The Kier molecular flexibility index (Phi) is 8.89. The molecule has 0 amide bonds. The average Bonchev–Trinajstić information content (AvgIpc) is 3.91. The first-order valence-electron chi connectivity index (χ1n) is 22.7. The van der Waals surface area contributed by atoms with Gasteiger partial charge in [-0.3, -0.25) is 0 Å². The fourth-order valence-electron chi connectivity index (χ4n) is 10.4. The Balaban J connectivity index is 0.922. The molecule has 0 saturated carbocycles. The molecule has 308 valence electrons. The van der Waals surface area contributed by atoms with Crippen molar-refractivity contribution in [1.29, 1.82) is 0 Å². The van der Waals surface area contributed by atoms with Crippen LogP contribution in [0.2, 0.25) is 0 Å². The van der Waals surface area contributed by atoms with Crippen molar-refractivity contribution in [2.24, 2.45) is 0 Å². The highest BCUT2D eigenvalue weighted by molar-refractivity contribution is 6.14. The molecule has 0 aliphatic heterocycles. The van der Waals surface area contributed by atoms with E-state index in [1.807, 2.05) is 0 Å². The quantitative estimate of drug-likeness (QED) is 0.151. The molecule has 0 unspecified atom stereocenters. The van der Waals surface area contributed by atoms with Crippen LogP contribution in [0.15, 0.2) is 255 Å². The molecular formula is C64H42N2. The maximum Gasteiger partial charge on any atom is 0.0547 e. The van der Waals surface area contributed by atoms with Crippen molar-refractivity contribution in [1.82, 2.24) is 9.13 Å². The fourth-order valence-corrected chi connectivity index (χ4v) is 10.4. The predicted molar refractivity (Wildman–Crippen MR) is 280 cm³/mol. The van der Waals surface area contributed by atoms with E-state index < -0.39 is 0 Å². The van der Waals surface area contributed by atoms with Gasteiger partial charge in [0, 0.05) is 32.6 Å². The van der Waals surface area contributed by atoms with E-state index in [9.17, 15) is 0 Å². The van der Waals surface area contributed by atoms with Crippen LogP contribution in [0.5, 0.6) is 0 Å². The molecule has 0 saturated heterocycles. The molecule has 0 bridgehead atoms. The largest absolute Gasteiger partial charge is 0.309 e. The molecule has 2 heteroatoms. The highest BCUT2D eigenvalue weighted by Gasteiger charge is 2.19. The van der Waals surface area contributed by atoms with Gasteiger partial charge in [0.15, 0.2) is 0 Å². The minimum Gasteiger partial charge on any atom is -0.309 e. The van der Waals surface area contributed by atoms with Crippen molar-refractivity contribution < 1.29 is 0 Å². The Morgan fingerprint density at radius 1 is 0.197 bits per heavy atom. The summed E-state index contributed by atoms with van der Waals surface area (Å²) in [6, 6.07) is 93.2. The average molecular weight is 839 g/mol. The lowest BCUT2D eigenvalue weighted by Gasteiger charge is -2.15. The summed E-state index contributed by atoms with van der Waals surface area (Å²) in [5.41, 5.74) is 19.2. The molecule has 0 aliphatic rings. The maximum atomic E-state index is 2.47. The second-order valence-electron chi connectivity index (χ2n) is 17.3. The molecule has 0 fully saturated rings. The zero-order valence-corrected chi connectivity index (χ0v) is 36.1. The first kappa shape index (κ1) is 37.8. The summed E-state index contributed by atoms with van der Waals surface area (Å²) in [6.45, 7) is 0. The van der Waals surface area contributed by atoms with Gasteiger partial charge in [-0.1, -0.05) is 188 Å². The van der Waals surface area contributed by atoms with E-state index >= 15 is 0 Å². The number of fused-ring (bicyclic) bond motifs is 7. The molecule has 0 N–H and O–H groups in total. The predicted octanol–water partition coefficient (Wildman–Crippen LogP) is 17.4. The van der Waals surface area contributed by atoms with Crippen LogP contribution in [0, 0.1) is 0 Å². The van der Waals surface area contributed by atoms with Gasteiger partial charge in [-0.15, -0.1) is 0 Å². The normalized spacial score (nSPS) is 11.6. The van der Waals surface area contributed by atoms with Crippen LogP contribution in [-0.2, 0) is 0 Å². The van der Waals surface area contributed by atoms with Gasteiger partial charge in [-0.25, -0.2) is 0 Å². The number of para-hydroxylation sites is 2. The van der Waals surface area contributed by atoms with Crippen LogP contribution >= 0.6 is 0 Å². The maximum absolute atomic E-state index is 2.47. The third kappa shape index (κ3) is 6.26. The van der Waals surface area contributed by atoms with E-state index in [1.54, 1.807) is 0 Å². The molecule has 0 spiro atoms. The molecule has 2 aromatic heterocycles. The Morgan fingerprint density at radius 2 is 0.636 bits per heavy atom.